The van der Waals surface area contributed by atoms with Crippen molar-refractivity contribution in [3.63, 3.8) is 0 Å². The number of halogens is 8. The second kappa shape index (κ2) is 13.4. The second-order valence-electron chi connectivity index (χ2n) is 14.9. The van der Waals surface area contributed by atoms with E-state index in [2.05, 4.69) is 33.9 Å². The minimum Gasteiger partial charge on any atom is -0.417 e. The molecule has 0 radical (unpaired) electrons. The number of benzene rings is 2. The third-order valence-corrected chi connectivity index (χ3v) is 17.9. The van der Waals surface area contributed by atoms with E-state index >= 15 is 0 Å². The van der Waals surface area contributed by atoms with Crippen LogP contribution in [0.15, 0.2) is 53.4 Å². The van der Waals surface area contributed by atoms with Gasteiger partial charge >= 0.3 is 18.0 Å². The summed E-state index contributed by atoms with van der Waals surface area (Å²) in [5.41, 5.74) is -9.07. The summed E-state index contributed by atoms with van der Waals surface area (Å²) in [6.45, 7) is 10.5. The van der Waals surface area contributed by atoms with E-state index in [9.17, 15) is 48.3 Å². The Morgan fingerprint density at radius 2 is 1.40 bits per heavy atom. The monoisotopic (exact) mass is 757 g/mol. The number of carbonyl (C=O) groups excluding carboxylic acids is 1. The fourth-order valence-electron chi connectivity index (χ4n) is 6.54. The van der Waals surface area contributed by atoms with Crippen molar-refractivity contribution in [3.05, 3.63) is 65.5 Å². The number of hydrogen-bond donors (Lipinski definition) is 0. The van der Waals surface area contributed by atoms with Gasteiger partial charge in [0.05, 0.1) is 4.90 Å². The minimum absolute atomic E-state index is 0.0103. The Morgan fingerprint density at radius 1 is 0.880 bits per heavy atom. The zero-order valence-electron chi connectivity index (χ0n) is 28.8. The molecule has 4 rings (SSSR count). The van der Waals surface area contributed by atoms with Gasteiger partial charge in [0.25, 0.3) is 5.91 Å². The molecule has 1 heterocycles. The van der Waals surface area contributed by atoms with Crippen molar-refractivity contribution in [2.75, 3.05) is 26.8 Å². The molecular weight excluding hydrogens is 715 g/mol. The fourth-order valence-corrected chi connectivity index (χ4v) is 9.71. The van der Waals surface area contributed by atoms with Gasteiger partial charge in [-0.05, 0) is 86.0 Å². The molecule has 1 saturated carbocycles. The van der Waals surface area contributed by atoms with Gasteiger partial charge in [0, 0.05) is 32.4 Å². The van der Waals surface area contributed by atoms with E-state index in [1.165, 1.54) is 12.0 Å². The average molecular weight is 758 g/mol. The summed E-state index contributed by atoms with van der Waals surface area (Å²) >= 11 is 0. The van der Waals surface area contributed by atoms with Gasteiger partial charge in [-0.25, -0.2) is 17.2 Å². The first-order valence-electron chi connectivity index (χ1n) is 16.2. The van der Waals surface area contributed by atoms with Crippen molar-refractivity contribution in [3.8, 4) is 0 Å². The molecule has 280 valence electrons. The van der Waals surface area contributed by atoms with E-state index in [-0.39, 0.29) is 46.5 Å². The SMILES string of the molecule is COC1(C(=O)N2CCC(c3ccc(C(F)(C(F)(F)F)C(F)(F)F)cc3)(S(=O)(=O)c3ccc(F)cc3)C2)CCC(CO[Si](C)(C)C(C)(C)C)CC1. The number of amides is 1. The predicted octanol–water partition coefficient (Wildman–Crippen LogP) is 8.61. The van der Waals surface area contributed by atoms with Crippen LogP contribution >= 0.6 is 0 Å². The van der Waals surface area contributed by atoms with Gasteiger partial charge in [-0.3, -0.25) is 4.79 Å². The van der Waals surface area contributed by atoms with Crippen LogP contribution in [0, 0.1) is 11.7 Å². The highest BCUT2D eigenvalue weighted by Gasteiger charge is 2.73. The Morgan fingerprint density at radius 3 is 1.86 bits per heavy atom. The summed E-state index contributed by atoms with van der Waals surface area (Å²) in [5, 5.41) is 0.0103. The van der Waals surface area contributed by atoms with Crippen LogP contribution in [-0.4, -0.2) is 72.3 Å². The Hall–Kier alpha value is -2.56. The van der Waals surface area contributed by atoms with Crippen molar-refractivity contribution < 1.29 is 57.5 Å². The Balaban J connectivity index is 1.67. The quantitative estimate of drug-likeness (QED) is 0.146. The lowest BCUT2D eigenvalue weighted by molar-refractivity contribution is -0.348. The molecule has 1 aliphatic carbocycles. The van der Waals surface area contributed by atoms with Crippen molar-refractivity contribution in [2.24, 2.45) is 5.92 Å². The summed E-state index contributed by atoms with van der Waals surface area (Å²) in [6, 6.07) is 5.66. The molecule has 0 spiro atoms. The molecule has 1 aliphatic heterocycles. The topological polar surface area (TPSA) is 72.9 Å². The van der Waals surface area contributed by atoms with E-state index in [4.69, 9.17) is 9.16 Å². The minimum atomic E-state index is -6.37. The highest BCUT2D eigenvalue weighted by Crippen LogP contribution is 2.54. The first-order chi connectivity index (χ1) is 22.8. The molecule has 6 nitrogen and oxygen atoms in total. The van der Waals surface area contributed by atoms with Crippen molar-refractivity contribution >= 4 is 24.1 Å². The zero-order valence-corrected chi connectivity index (χ0v) is 30.6. The van der Waals surface area contributed by atoms with E-state index in [1.807, 2.05) is 0 Å². The molecule has 2 aromatic rings. The van der Waals surface area contributed by atoms with Gasteiger partial charge in [-0.15, -0.1) is 0 Å². The van der Waals surface area contributed by atoms with Gasteiger partial charge in [-0.2, -0.15) is 26.3 Å². The maximum absolute atomic E-state index is 14.8. The van der Waals surface area contributed by atoms with E-state index in [0.29, 0.717) is 44.4 Å². The van der Waals surface area contributed by atoms with Crippen LogP contribution < -0.4 is 0 Å². The van der Waals surface area contributed by atoms with Crippen molar-refractivity contribution in [2.45, 2.75) is 104 Å². The fraction of sp³-hybridized carbons (Fsp3) is 0.618. The van der Waals surface area contributed by atoms with Gasteiger partial charge in [-0.1, -0.05) is 45.0 Å². The molecule has 1 atom stereocenters. The number of alkyl halides is 7. The van der Waals surface area contributed by atoms with Crippen molar-refractivity contribution in [1.29, 1.82) is 0 Å². The molecule has 16 heteroatoms. The summed E-state index contributed by atoms with van der Waals surface area (Å²) < 4.78 is 148. The van der Waals surface area contributed by atoms with E-state index < -0.39 is 70.4 Å². The number of likely N-dealkylation sites (tertiary alicyclic amines) is 1. The molecule has 2 aliphatic rings. The lowest BCUT2D eigenvalue weighted by Crippen LogP contribution is -2.53. The normalized spacial score (nSPS) is 24.4. The lowest BCUT2D eigenvalue weighted by Gasteiger charge is -2.42. The Labute approximate surface area is 288 Å². The number of methoxy groups -OCH3 is 1. The maximum atomic E-state index is 14.8. The smallest absolute Gasteiger partial charge is 0.417 e. The third kappa shape index (κ3) is 6.97. The van der Waals surface area contributed by atoms with Gasteiger partial charge in [0.15, 0.2) is 18.2 Å². The molecule has 0 bridgehead atoms. The predicted molar refractivity (Wildman–Crippen MR) is 173 cm³/mol. The van der Waals surface area contributed by atoms with Gasteiger partial charge in [0.2, 0.25) is 0 Å². The molecule has 0 aromatic heterocycles. The zero-order chi connectivity index (χ0) is 37.8. The molecule has 1 unspecified atom stereocenters. The first-order valence-corrected chi connectivity index (χ1v) is 20.6. The van der Waals surface area contributed by atoms with Crippen LogP contribution in [0.3, 0.4) is 0 Å². The summed E-state index contributed by atoms with van der Waals surface area (Å²) in [4.78, 5) is 15.1. The summed E-state index contributed by atoms with van der Waals surface area (Å²) in [7, 11) is -5.23. The molecule has 0 N–H and O–H groups in total. The number of hydrogen-bond acceptors (Lipinski definition) is 5. The number of sulfone groups is 1. The van der Waals surface area contributed by atoms with Crippen LogP contribution in [0.4, 0.5) is 35.1 Å². The van der Waals surface area contributed by atoms with Crippen LogP contribution in [0.25, 0.3) is 0 Å². The molecule has 1 amide bonds. The van der Waals surface area contributed by atoms with Gasteiger partial charge < -0.3 is 14.1 Å². The largest absolute Gasteiger partial charge is 0.435 e. The van der Waals surface area contributed by atoms with Crippen LogP contribution in [0.5, 0.6) is 0 Å². The maximum Gasteiger partial charge on any atom is 0.435 e. The van der Waals surface area contributed by atoms with Crippen LogP contribution in [0.1, 0.15) is 64.0 Å². The summed E-state index contributed by atoms with van der Waals surface area (Å²) in [6.07, 6.45) is -11.2. The molecule has 2 fully saturated rings. The Kier molecular flexibility index (Phi) is 10.8. The van der Waals surface area contributed by atoms with Crippen molar-refractivity contribution in [1.82, 2.24) is 4.90 Å². The number of rotatable bonds is 9. The van der Waals surface area contributed by atoms with E-state index in [0.717, 1.165) is 24.3 Å². The Bertz CT molecular complexity index is 1620. The van der Waals surface area contributed by atoms with Gasteiger partial charge in [0.1, 0.15) is 16.2 Å². The van der Waals surface area contributed by atoms with Crippen LogP contribution in [0.2, 0.25) is 18.1 Å². The lowest BCUT2D eigenvalue weighted by atomic mass is 9.78. The average Bonchev–Trinajstić information content (AvgIpc) is 3.49. The summed E-state index contributed by atoms with van der Waals surface area (Å²) in [5.74, 6) is -1.10. The second-order valence-corrected chi connectivity index (χ2v) is 21.9. The first kappa shape index (κ1) is 40.2. The molecule has 1 saturated heterocycles. The number of ether oxygens (including phenoxy) is 1. The molecule has 2 aromatic carbocycles. The molecule has 50 heavy (non-hydrogen) atoms. The van der Waals surface area contributed by atoms with Crippen LogP contribution in [-0.2, 0) is 34.2 Å². The highest BCUT2D eigenvalue weighted by atomic mass is 32.2. The molecular formula is C34H43F8NO5SSi. The number of carbonyl (C=O) groups is 1. The van der Waals surface area contributed by atoms with E-state index in [1.54, 1.807) is 0 Å². The standard InChI is InChI=1S/C34H43F8NO5SSi/c1-29(2,3)50(5,6)48-21-23-15-17-30(47-4,18-16-23)28(44)43-20-19-31(22-43,49(45,46)27-13-11-26(35)12-14-27)24-7-9-25(10-8-24)32(36,33(37,38)39)34(40,41)42/h7-14,23H,15-22H2,1-6H3. The third-order valence-electron chi connectivity index (χ3n) is 10.9. The number of nitrogens with zero attached hydrogens (tertiary/aromatic N) is 1. The highest BCUT2D eigenvalue weighted by molar-refractivity contribution is 7.92.